The summed E-state index contributed by atoms with van der Waals surface area (Å²) in [6.45, 7) is 11.4. The van der Waals surface area contributed by atoms with E-state index < -0.39 is 0 Å². The first-order valence-corrected chi connectivity index (χ1v) is 7.66. The van der Waals surface area contributed by atoms with E-state index in [9.17, 15) is 0 Å². The van der Waals surface area contributed by atoms with Crippen LogP contribution in [0.5, 0.6) is 0 Å². The Morgan fingerprint density at radius 2 is 2.00 bits per heavy atom. The van der Waals surface area contributed by atoms with Crippen LogP contribution in [0.15, 0.2) is 4.99 Å². The molecule has 21 heavy (non-hydrogen) atoms. The largest absolute Gasteiger partial charge is 0.380 e. The number of hydrogen-bond acceptors (Lipinski definition) is 4. The summed E-state index contributed by atoms with van der Waals surface area (Å²) in [5.74, 6) is 0.883. The van der Waals surface area contributed by atoms with Gasteiger partial charge in [0.1, 0.15) is 0 Å². The zero-order valence-electron chi connectivity index (χ0n) is 13.9. The molecular formula is C14H32IN5O. The predicted octanol–water partition coefficient (Wildman–Crippen LogP) is 0.442. The van der Waals surface area contributed by atoms with Crippen LogP contribution < -0.4 is 10.6 Å². The summed E-state index contributed by atoms with van der Waals surface area (Å²) in [7, 11) is 4.36. The summed E-state index contributed by atoms with van der Waals surface area (Å²) in [6, 6.07) is 0.496. The minimum Gasteiger partial charge on any atom is -0.380 e. The zero-order chi connectivity index (χ0) is 14.8. The minimum atomic E-state index is 0. The van der Waals surface area contributed by atoms with Crippen LogP contribution >= 0.6 is 24.0 Å². The van der Waals surface area contributed by atoms with E-state index in [1.165, 1.54) is 0 Å². The smallest absolute Gasteiger partial charge is 0.191 e. The summed E-state index contributed by atoms with van der Waals surface area (Å²) < 4.78 is 5.33. The second-order valence-corrected chi connectivity index (χ2v) is 5.24. The maximum absolute atomic E-state index is 5.33. The molecule has 1 unspecified atom stereocenters. The molecule has 1 heterocycles. The molecule has 1 atom stereocenters. The summed E-state index contributed by atoms with van der Waals surface area (Å²) in [5.41, 5.74) is 0. The standard InChI is InChI=1S/C14H31N5O.HI/c1-5-15-14(16-7-10-20-6-2)17-11-13-12-18(3)8-9-19(13)4;/h13H,5-12H2,1-4H3,(H2,15,16,17);1H. The third kappa shape index (κ3) is 8.80. The lowest BCUT2D eigenvalue weighted by Crippen LogP contribution is -2.51. The number of aliphatic imine (C=N–C) groups is 1. The fourth-order valence-corrected chi connectivity index (χ4v) is 2.22. The van der Waals surface area contributed by atoms with Gasteiger partial charge in [-0.05, 0) is 27.9 Å². The van der Waals surface area contributed by atoms with Crippen LogP contribution in [0.2, 0.25) is 0 Å². The van der Waals surface area contributed by atoms with Gasteiger partial charge in [0.25, 0.3) is 0 Å². The molecule has 7 heteroatoms. The molecule has 6 nitrogen and oxygen atoms in total. The molecular weight excluding hydrogens is 381 g/mol. The monoisotopic (exact) mass is 413 g/mol. The zero-order valence-corrected chi connectivity index (χ0v) is 16.2. The van der Waals surface area contributed by atoms with Gasteiger partial charge in [0.15, 0.2) is 5.96 Å². The number of guanidine groups is 1. The Balaban J connectivity index is 0.00000400. The molecule has 126 valence electrons. The Hall–Kier alpha value is -0.120. The molecule has 1 saturated heterocycles. The maximum atomic E-state index is 5.33. The molecule has 0 aromatic carbocycles. The van der Waals surface area contributed by atoms with E-state index in [0.29, 0.717) is 12.6 Å². The lowest BCUT2D eigenvalue weighted by molar-refractivity contribution is 0.119. The molecule has 0 aliphatic carbocycles. The Morgan fingerprint density at radius 1 is 1.24 bits per heavy atom. The third-order valence-corrected chi connectivity index (χ3v) is 3.53. The van der Waals surface area contributed by atoms with Gasteiger partial charge in [-0.15, -0.1) is 24.0 Å². The van der Waals surface area contributed by atoms with Crippen molar-refractivity contribution < 1.29 is 4.74 Å². The topological polar surface area (TPSA) is 52.1 Å². The van der Waals surface area contributed by atoms with E-state index >= 15 is 0 Å². The highest BCUT2D eigenvalue weighted by molar-refractivity contribution is 14.0. The van der Waals surface area contributed by atoms with E-state index in [1.54, 1.807) is 0 Å². The molecule has 2 N–H and O–H groups in total. The molecule has 0 bridgehead atoms. The normalized spacial score (nSPS) is 21.0. The number of halogens is 1. The van der Waals surface area contributed by atoms with E-state index in [0.717, 1.165) is 51.8 Å². The van der Waals surface area contributed by atoms with E-state index in [-0.39, 0.29) is 24.0 Å². The highest BCUT2D eigenvalue weighted by atomic mass is 127. The van der Waals surface area contributed by atoms with Gasteiger partial charge in [-0.25, -0.2) is 0 Å². The van der Waals surface area contributed by atoms with Gasteiger partial charge in [-0.2, -0.15) is 0 Å². The van der Waals surface area contributed by atoms with Gasteiger partial charge >= 0.3 is 0 Å². The van der Waals surface area contributed by atoms with Gasteiger partial charge in [-0.3, -0.25) is 9.89 Å². The SMILES string of the molecule is CCNC(=NCC1CN(C)CCN1C)NCCOCC.I. The van der Waals surface area contributed by atoms with Crippen LogP contribution in [0.1, 0.15) is 13.8 Å². The molecule has 0 aromatic heterocycles. The number of likely N-dealkylation sites (N-methyl/N-ethyl adjacent to an activating group) is 2. The van der Waals surface area contributed by atoms with Crippen LogP contribution in [0.4, 0.5) is 0 Å². The number of rotatable bonds is 7. The predicted molar refractivity (Wildman–Crippen MR) is 99.8 cm³/mol. The highest BCUT2D eigenvalue weighted by Crippen LogP contribution is 2.05. The van der Waals surface area contributed by atoms with Gasteiger partial charge in [-0.1, -0.05) is 0 Å². The highest BCUT2D eigenvalue weighted by Gasteiger charge is 2.21. The molecule has 1 rings (SSSR count). The molecule has 0 saturated carbocycles. The molecule has 0 radical (unpaired) electrons. The molecule has 0 aromatic rings. The van der Waals surface area contributed by atoms with Gasteiger partial charge in [0, 0.05) is 45.4 Å². The van der Waals surface area contributed by atoms with E-state index in [2.05, 4.69) is 41.5 Å². The van der Waals surface area contributed by atoms with Gasteiger partial charge < -0.3 is 20.3 Å². The Kier molecular flexibility index (Phi) is 12.4. The maximum Gasteiger partial charge on any atom is 0.191 e. The van der Waals surface area contributed by atoms with Crippen LogP contribution in [0.25, 0.3) is 0 Å². The van der Waals surface area contributed by atoms with Crippen molar-refractivity contribution in [2.24, 2.45) is 4.99 Å². The first-order chi connectivity index (χ1) is 9.67. The molecule has 0 spiro atoms. The number of hydrogen-bond donors (Lipinski definition) is 2. The first kappa shape index (κ1) is 20.9. The average molecular weight is 413 g/mol. The van der Waals surface area contributed by atoms with Crippen molar-refractivity contribution in [2.45, 2.75) is 19.9 Å². The van der Waals surface area contributed by atoms with Crippen LogP contribution in [-0.2, 0) is 4.74 Å². The average Bonchev–Trinajstić information content (AvgIpc) is 2.44. The molecule has 0 amide bonds. The van der Waals surface area contributed by atoms with Crippen LogP contribution in [0.3, 0.4) is 0 Å². The molecule has 1 aliphatic heterocycles. The number of ether oxygens (including phenoxy) is 1. The van der Waals surface area contributed by atoms with Crippen molar-refractivity contribution in [3.05, 3.63) is 0 Å². The lowest BCUT2D eigenvalue weighted by atomic mass is 10.2. The van der Waals surface area contributed by atoms with Crippen molar-refractivity contribution in [1.29, 1.82) is 0 Å². The van der Waals surface area contributed by atoms with Crippen LogP contribution in [0, 0.1) is 0 Å². The van der Waals surface area contributed by atoms with E-state index in [1.807, 2.05) is 6.92 Å². The number of piperazine rings is 1. The first-order valence-electron chi connectivity index (χ1n) is 7.66. The third-order valence-electron chi connectivity index (χ3n) is 3.53. The second-order valence-electron chi connectivity index (χ2n) is 5.24. The fraction of sp³-hybridized carbons (Fsp3) is 0.929. The summed E-state index contributed by atoms with van der Waals surface area (Å²) >= 11 is 0. The van der Waals surface area contributed by atoms with Gasteiger partial charge in [0.05, 0.1) is 13.2 Å². The second kappa shape index (κ2) is 12.4. The van der Waals surface area contributed by atoms with Crippen molar-refractivity contribution in [1.82, 2.24) is 20.4 Å². The summed E-state index contributed by atoms with van der Waals surface area (Å²) in [6.07, 6.45) is 0. The lowest BCUT2D eigenvalue weighted by Gasteiger charge is -2.36. The van der Waals surface area contributed by atoms with Crippen molar-refractivity contribution in [3.8, 4) is 0 Å². The quantitative estimate of drug-likeness (QED) is 0.275. The van der Waals surface area contributed by atoms with Crippen molar-refractivity contribution >= 4 is 29.9 Å². The number of nitrogens with zero attached hydrogens (tertiary/aromatic N) is 3. The molecule has 1 aliphatic rings. The van der Waals surface area contributed by atoms with Crippen molar-refractivity contribution in [2.75, 3.05) is 66.6 Å². The molecule has 1 fully saturated rings. The fourth-order valence-electron chi connectivity index (χ4n) is 2.22. The van der Waals surface area contributed by atoms with Gasteiger partial charge in [0.2, 0.25) is 0 Å². The Bertz CT molecular complexity index is 291. The number of nitrogens with one attached hydrogen (secondary N) is 2. The Morgan fingerprint density at radius 3 is 2.67 bits per heavy atom. The van der Waals surface area contributed by atoms with E-state index in [4.69, 9.17) is 9.73 Å². The van der Waals surface area contributed by atoms with Crippen molar-refractivity contribution in [3.63, 3.8) is 0 Å². The minimum absolute atomic E-state index is 0. The Labute approximate surface area is 146 Å². The summed E-state index contributed by atoms with van der Waals surface area (Å²) in [4.78, 5) is 9.46. The van der Waals surface area contributed by atoms with Crippen LogP contribution in [-0.4, -0.2) is 88.4 Å². The summed E-state index contributed by atoms with van der Waals surface area (Å²) in [5, 5.41) is 6.58.